The third-order valence-electron chi connectivity index (χ3n) is 8.98. The van der Waals surface area contributed by atoms with E-state index in [2.05, 4.69) is 57.5 Å². The first-order valence-electron chi connectivity index (χ1n) is 14.2. The molecule has 0 saturated heterocycles. The van der Waals surface area contributed by atoms with Gasteiger partial charge in [-0.2, -0.15) is 0 Å². The van der Waals surface area contributed by atoms with E-state index in [1.54, 1.807) is 24.3 Å². The van der Waals surface area contributed by atoms with Gasteiger partial charge >= 0.3 is 0 Å². The molecule has 0 spiro atoms. The van der Waals surface area contributed by atoms with E-state index < -0.39 is 16.4 Å². The molecular weight excluding hydrogens is 491 g/mol. The van der Waals surface area contributed by atoms with Crippen molar-refractivity contribution >= 4 is 16.4 Å². The van der Waals surface area contributed by atoms with Gasteiger partial charge in [-0.15, -0.1) is 0 Å². The van der Waals surface area contributed by atoms with Gasteiger partial charge in [-0.05, 0) is 92.0 Å². The predicted molar refractivity (Wildman–Crippen MR) is 161 cm³/mol. The molecule has 1 aliphatic heterocycles. The summed E-state index contributed by atoms with van der Waals surface area (Å²) in [6.07, 6.45) is 9.95. The third kappa shape index (κ3) is 6.97. The Hall–Kier alpha value is -1.87. The number of allylic oxidation sites excluding steroid dienone is 1. The van der Waals surface area contributed by atoms with Crippen molar-refractivity contribution in [3.63, 3.8) is 0 Å². The highest BCUT2D eigenvalue weighted by atomic mass is 28.4. The van der Waals surface area contributed by atoms with Gasteiger partial charge in [-0.25, -0.2) is 0 Å². The zero-order valence-electron chi connectivity index (χ0n) is 23.9. The molecule has 0 saturated carbocycles. The molecule has 204 valence electrons. The number of aromatic hydroxyl groups is 2. The number of rotatable bonds is 14. The predicted octanol–water partition coefficient (Wildman–Crippen LogP) is 7.87. The maximum absolute atomic E-state index is 9.60. The molecule has 0 aliphatic carbocycles. The van der Waals surface area contributed by atoms with Gasteiger partial charge in [0.2, 0.25) is 8.32 Å². The van der Waals surface area contributed by atoms with Gasteiger partial charge in [0.25, 0.3) is 0 Å². The van der Waals surface area contributed by atoms with Gasteiger partial charge in [-0.3, -0.25) is 5.32 Å². The second-order valence-corrected chi connectivity index (χ2v) is 21.0. The van der Waals surface area contributed by atoms with Crippen molar-refractivity contribution in [1.82, 2.24) is 5.32 Å². The van der Waals surface area contributed by atoms with Gasteiger partial charge in [0.05, 0.1) is 5.35 Å². The van der Waals surface area contributed by atoms with E-state index in [9.17, 15) is 10.2 Å². The monoisotopic (exact) mass is 539 g/mol. The second-order valence-electron chi connectivity index (χ2n) is 12.0. The largest absolute Gasteiger partial charge is 0.508 e. The molecule has 2 aromatic carbocycles. The zero-order valence-corrected chi connectivity index (χ0v) is 25.9. The SMILES string of the molecule is CCNC(CC)(O[Si]1(C)C=CCC1(C)CCCc1ccc(O)cc1)[Si](C)(C)CCCc1ccc(O)cc1. The van der Waals surface area contributed by atoms with Crippen LogP contribution in [0.25, 0.3) is 0 Å². The lowest BCUT2D eigenvalue weighted by Crippen LogP contribution is -2.69. The smallest absolute Gasteiger partial charge is 0.221 e. The maximum Gasteiger partial charge on any atom is 0.221 e. The van der Waals surface area contributed by atoms with Crippen molar-refractivity contribution in [3.8, 4) is 11.5 Å². The van der Waals surface area contributed by atoms with Crippen molar-refractivity contribution in [2.75, 3.05) is 6.54 Å². The molecule has 0 bridgehead atoms. The molecular formula is C31H49NO3Si2. The minimum Gasteiger partial charge on any atom is -0.508 e. The number of nitrogens with one attached hydrogen (secondary N) is 1. The summed E-state index contributed by atoms with van der Waals surface area (Å²) < 4.78 is 7.53. The first-order chi connectivity index (χ1) is 17.5. The molecule has 3 unspecified atom stereocenters. The van der Waals surface area contributed by atoms with E-state index in [4.69, 9.17) is 4.43 Å². The lowest BCUT2D eigenvalue weighted by atomic mass is 9.97. The Morgan fingerprint density at radius 2 is 1.49 bits per heavy atom. The van der Waals surface area contributed by atoms with Crippen molar-refractivity contribution in [2.24, 2.45) is 0 Å². The Bertz CT molecular complexity index is 1020. The van der Waals surface area contributed by atoms with Crippen LogP contribution in [0.3, 0.4) is 0 Å². The summed E-state index contributed by atoms with van der Waals surface area (Å²) in [5.41, 5.74) is 5.04. The average Bonchev–Trinajstić information content (AvgIpc) is 3.14. The summed E-state index contributed by atoms with van der Waals surface area (Å²) in [5.74, 6) is 0.663. The van der Waals surface area contributed by atoms with E-state index in [0.29, 0.717) is 11.5 Å². The van der Waals surface area contributed by atoms with Crippen LogP contribution in [0, 0.1) is 0 Å². The van der Waals surface area contributed by atoms with E-state index in [1.165, 1.54) is 17.2 Å². The average molecular weight is 540 g/mol. The number of aryl methyl sites for hydroxylation is 2. The highest BCUT2D eigenvalue weighted by Gasteiger charge is 2.56. The number of phenolic OH excluding ortho intramolecular Hbond substituents is 2. The second kappa shape index (κ2) is 12.3. The summed E-state index contributed by atoms with van der Waals surface area (Å²) in [4.78, 5) is 0. The Labute approximate surface area is 227 Å². The summed E-state index contributed by atoms with van der Waals surface area (Å²) in [7, 11) is -4.02. The molecule has 0 radical (unpaired) electrons. The van der Waals surface area contributed by atoms with Gasteiger partial charge in [0, 0.05) is 0 Å². The van der Waals surface area contributed by atoms with Crippen LogP contribution in [-0.2, 0) is 17.3 Å². The molecule has 0 amide bonds. The minimum atomic E-state index is -2.18. The van der Waals surface area contributed by atoms with Gasteiger partial charge in [0.1, 0.15) is 19.6 Å². The van der Waals surface area contributed by atoms with Gasteiger partial charge < -0.3 is 14.6 Å². The van der Waals surface area contributed by atoms with Crippen molar-refractivity contribution in [1.29, 1.82) is 0 Å². The van der Waals surface area contributed by atoms with Gasteiger partial charge in [-0.1, -0.05) is 82.4 Å². The number of hydrogen-bond donors (Lipinski definition) is 3. The highest BCUT2D eigenvalue weighted by molar-refractivity contribution is 6.85. The van der Waals surface area contributed by atoms with Crippen LogP contribution in [0.5, 0.6) is 11.5 Å². The van der Waals surface area contributed by atoms with Crippen LogP contribution in [0.15, 0.2) is 60.3 Å². The maximum atomic E-state index is 9.60. The Morgan fingerprint density at radius 3 is 2.00 bits per heavy atom. The van der Waals surface area contributed by atoms with Gasteiger partial charge in [0.15, 0.2) is 0 Å². The van der Waals surface area contributed by atoms with Crippen LogP contribution in [-0.4, -0.2) is 38.5 Å². The van der Waals surface area contributed by atoms with E-state index >= 15 is 0 Å². The molecule has 6 heteroatoms. The van der Waals surface area contributed by atoms with Crippen molar-refractivity contribution < 1.29 is 14.6 Å². The van der Waals surface area contributed by atoms with Crippen LogP contribution in [0.1, 0.15) is 64.0 Å². The molecule has 0 fully saturated rings. The van der Waals surface area contributed by atoms with Crippen LogP contribution in [0.2, 0.25) is 30.7 Å². The van der Waals surface area contributed by atoms with Crippen molar-refractivity contribution in [2.45, 2.75) is 102 Å². The van der Waals surface area contributed by atoms with E-state index in [1.807, 2.05) is 24.3 Å². The Morgan fingerprint density at radius 1 is 0.946 bits per heavy atom. The summed E-state index contributed by atoms with van der Waals surface area (Å²) in [6.45, 7) is 15.3. The molecule has 3 N–H and O–H groups in total. The topological polar surface area (TPSA) is 61.7 Å². The van der Waals surface area contributed by atoms with E-state index in [-0.39, 0.29) is 10.4 Å². The molecule has 1 heterocycles. The molecule has 4 nitrogen and oxygen atoms in total. The van der Waals surface area contributed by atoms with Crippen LogP contribution in [0.4, 0.5) is 0 Å². The quantitative estimate of drug-likeness (QED) is 0.169. The fraction of sp³-hybridized carbons (Fsp3) is 0.548. The number of benzene rings is 2. The first-order valence-corrected chi connectivity index (χ1v) is 19.9. The molecule has 0 aromatic heterocycles. The van der Waals surface area contributed by atoms with E-state index in [0.717, 1.165) is 51.5 Å². The molecule has 1 aliphatic rings. The number of hydrogen-bond acceptors (Lipinski definition) is 4. The Balaban J connectivity index is 1.72. The summed E-state index contributed by atoms with van der Waals surface area (Å²) in [6, 6.07) is 16.5. The molecule has 2 aromatic rings. The normalized spacial score (nSPS) is 23.3. The third-order valence-corrected chi connectivity index (χ3v) is 18.1. The molecule has 3 atom stereocenters. The fourth-order valence-corrected chi connectivity index (χ4v) is 14.4. The summed E-state index contributed by atoms with van der Waals surface area (Å²) in [5, 5.41) is 23.0. The number of phenols is 2. The zero-order chi connectivity index (χ0) is 27.2. The molecule has 3 rings (SSSR count). The Kier molecular flexibility index (Phi) is 9.89. The lowest BCUT2D eigenvalue weighted by Gasteiger charge is -2.53. The van der Waals surface area contributed by atoms with Crippen LogP contribution >= 0.6 is 0 Å². The highest BCUT2D eigenvalue weighted by Crippen LogP contribution is 2.53. The minimum absolute atomic E-state index is 0.177. The fourth-order valence-electron chi connectivity index (χ4n) is 6.14. The lowest BCUT2D eigenvalue weighted by molar-refractivity contribution is 0.0860. The first kappa shape index (κ1) is 29.7. The summed E-state index contributed by atoms with van der Waals surface area (Å²) >= 11 is 0. The van der Waals surface area contributed by atoms with Crippen LogP contribution < -0.4 is 5.32 Å². The standard InChI is InChI=1S/C31H49NO3Si2/c1-7-31(32-8-2,36(4,5)24-10-13-27-16-20-29(34)21-17-27)35-37(6)25-11-23-30(37,3)22-9-12-26-14-18-28(33)19-15-26/h11,14-21,25,32-34H,7-10,12-13,22-24H2,1-6H3. The molecule has 37 heavy (non-hydrogen) atoms. The van der Waals surface area contributed by atoms with Crippen molar-refractivity contribution in [3.05, 3.63) is 71.4 Å².